The Hall–Kier alpha value is -0.580. The van der Waals surface area contributed by atoms with Crippen molar-refractivity contribution in [1.29, 1.82) is 0 Å². The Morgan fingerprint density at radius 3 is 1.80 bits per heavy atom. The van der Waals surface area contributed by atoms with Crippen molar-refractivity contribution in [2.75, 3.05) is 0 Å². The first kappa shape index (κ1) is 7.53. The van der Waals surface area contributed by atoms with Crippen molar-refractivity contribution in [2.45, 2.75) is 17.9 Å². The topological polar surface area (TPSA) is 20.2 Å². The zero-order chi connectivity index (χ0) is 7.99. The predicted octanol–water partition coefficient (Wildman–Crippen LogP) is 1.19. The van der Waals surface area contributed by atoms with Crippen molar-refractivity contribution in [3.8, 4) is 0 Å². The van der Waals surface area contributed by atoms with E-state index in [1.165, 1.54) is 0 Å². The highest BCUT2D eigenvalue weighted by atomic mass is 19.3. The van der Waals surface area contributed by atoms with E-state index in [0.717, 1.165) is 0 Å². The van der Waals surface area contributed by atoms with Gasteiger partial charge in [0, 0.05) is 0 Å². The van der Waals surface area contributed by atoms with Gasteiger partial charge in [0.1, 0.15) is 6.10 Å². The van der Waals surface area contributed by atoms with Crippen LogP contribution in [0, 0.1) is 0 Å². The highest BCUT2D eigenvalue weighted by molar-refractivity contribution is 5.18. The number of hydrogen-bond donors (Lipinski definition) is 1. The van der Waals surface area contributed by atoms with Crippen LogP contribution in [-0.2, 0) is 0 Å². The van der Waals surface area contributed by atoms with Crippen LogP contribution in [0.15, 0.2) is 12.2 Å². The molecule has 1 N–H and O–H groups in total. The molecule has 0 bridgehead atoms. The molecule has 0 aliphatic heterocycles. The third kappa shape index (κ3) is 0.733. The van der Waals surface area contributed by atoms with Gasteiger partial charge in [-0.2, -0.15) is 17.6 Å². The molecule has 1 aliphatic rings. The van der Waals surface area contributed by atoms with E-state index in [0.29, 0.717) is 6.08 Å². The summed E-state index contributed by atoms with van der Waals surface area (Å²) in [7, 11) is 0. The molecule has 0 radical (unpaired) electrons. The quantitative estimate of drug-likeness (QED) is 0.412. The lowest BCUT2D eigenvalue weighted by Gasteiger charge is -2.20. The number of halogens is 4. The van der Waals surface area contributed by atoms with Crippen molar-refractivity contribution in [3.63, 3.8) is 0 Å². The SMILES string of the molecule is OC1C=CC(F)(F)C1(F)F. The molecule has 0 fully saturated rings. The number of aliphatic hydroxyl groups excluding tert-OH is 1. The minimum atomic E-state index is -4.34. The molecule has 1 nitrogen and oxygen atoms in total. The Bertz CT molecular complexity index is 174. The van der Waals surface area contributed by atoms with Crippen LogP contribution in [0.3, 0.4) is 0 Å². The van der Waals surface area contributed by atoms with Crippen molar-refractivity contribution < 1.29 is 22.7 Å². The molecular formula is C5H4F4O. The van der Waals surface area contributed by atoms with Crippen LogP contribution in [0.4, 0.5) is 17.6 Å². The van der Waals surface area contributed by atoms with Crippen molar-refractivity contribution in [3.05, 3.63) is 12.2 Å². The zero-order valence-electron chi connectivity index (χ0n) is 4.69. The Morgan fingerprint density at radius 1 is 1.20 bits per heavy atom. The van der Waals surface area contributed by atoms with Gasteiger partial charge < -0.3 is 5.11 Å². The summed E-state index contributed by atoms with van der Waals surface area (Å²) in [6.07, 6.45) is -1.96. The zero-order valence-corrected chi connectivity index (χ0v) is 4.69. The van der Waals surface area contributed by atoms with Crippen LogP contribution in [0.25, 0.3) is 0 Å². The minimum Gasteiger partial charge on any atom is -0.382 e. The first-order valence-corrected chi connectivity index (χ1v) is 2.51. The molecule has 0 saturated heterocycles. The predicted molar refractivity (Wildman–Crippen MR) is 25.0 cm³/mol. The minimum absolute atomic E-state index is 0.0116. The van der Waals surface area contributed by atoms with Gasteiger partial charge in [-0.25, -0.2) is 0 Å². The Kier molecular flexibility index (Phi) is 1.29. The molecule has 1 atom stereocenters. The van der Waals surface area contributed by atoms with Crippen LogP contribution >= 0.6 is 0 Å². The summed E-state index contributed by atoms with van der Waals surface area (Å²) in [6, 6.07) is 0. The van der Waals surface area contributed by atoms with Gasteiger partial charge in [0.05, 0.1) is 0 Å². The van der Waals surface area contributed by atoms with Gasteiger partial charge in [-0.1, -0.05) is 0 Å². The summed E-state index contributed by atoms with van der Waals surface area (Å²) in [5, 5.41) is 8.28. The van der Waals surface area contributed by atoms with E-state index in [9.17, 15) is 17.6 Å². The molecule has 0 saturated carbocycles. The molecule has 5 heteroatoms. The average Bonchev–Trinajstić information content (AvgIpc) is 1.94. The van der Waals surface area contributed by atoms with Gasteiger partial charge in [0.2, 0.25) is 0 Å². The lowest BCUT2D eigenvalue weighted by Crippen LogP contribution is -2.42. The molecule has 0 heterocycles. The highest BCUT2D eigenvalue weighted by Crippen LogP contribution is 2.42. The fourth-order valence-electron chi connectivity index (χ4n) is 0.641. The maximum absolute atomic E-state index is 12.1. The van der Waals surface area contributed by atoms with Crippen LogP contribution in [-0.4, -0.2) is 23.1 Å². The summed E-state index contributed by atoms with van der Waals surface area (Å²) in [5.74, 6) is -8.54. The van der Waals surface area contributed by atoms with E-state index in [2.05, 4.69) is 0 Å². The summed E-state index contributed by atoms with van der Waals surface area (Å²) in [4.78, 5) is 0. The van der Waals surface area contributed by atoms with Gasteiger partial charge in [-0.05, 0) is 12.2 Å². The second kappa shape index (κ2) is 1.72. The number of allylic oxidation sites excluding steroid dienone is 1. The van der Waals surface area contributed by atoms with Gasteiger partial charge in [0.25, 0.3) is 0 Å². The van der Waals surface area contributed by atoms with Crippen molar-refractivity contribution >= 4 is 0 Å². The molecule has 10 heavy (non-hydrogen) atoms. The first-order valence-electron chi connectivity index (χ1n) is 2.51. The van der Waals surface area contributed by atoms with E-state index in [4.69, 9.17) is 5.11 Å². The van der Waals surface area contributed by atoms with Gasteiger partial charge >= 0.3 is 11.8 Å². The lowest BCUT2D eigenvalue weighted by molar-refractivity contribution is -0.206. The van der Waals surface area contributed by atoms with E-state index in [1.54, 1.807) is 0 Å². The molecule has 1 rings (SSSR count). The molecule has 0 spiro atoms. The van der Waals surface area contributed by atoms with Crippen LogP contribution < -0.4 is 0 Å². The molecule has 0 amide bonds. The summed E-state index contributed by atoms with van der Waals surface area (Å²) >= 11 is 0. The highest BCUT2D eigenvalue weighted by Gasteiger charge is 2.62. The third-order valence-corrected chi connectivity index (χ3v) is 1.30. The molecule has 58 valence electrons. The van der Waals surface area contributed by atoms with E-state index >= 15 is 0 Å². The van der Waals surface area contributed by atoms with Gasteiger partial charge in [0.15, 0.2) is 0 Å². The number of aliphatic hydroxyl groups is 1. The summed E-state index contributed by atoms with van der Waals surface area (Å²) in [6.45, 7) is 0. The largest absolute Gasteiger partial charge is 0.382 e. The molecule has 0 aromatic heterocycles. The number of hydrogen-bond acceptors (Lipinski definition) is 1. The summed E-state index contributed by atoms with van der Waals surface area (Å²) < 4.78 is 48.1. The summed E-state index contributed by atoms with van der Waals surface area (Å²) in [5.41, 5.74) is 0. The molecule has 0 aromatic rings. The first-order chi connectivity index (χ1) is 4.38. The standard InChI is InChI=1S/C5H4F4O/c6-4(7)2-1-3(10)5(4,8)9/h1-3,10H. The Balaban J connectivity index is 2.94. The number of rotatable bonds is 0. The Morgan fingerprint density at radius 2 is 1.70 bits per heavy atom. The van der Waals surface area contributed by atoms with Crippen LogP contribution in [0.5, 0.6) is 0 Å². The maximum atomic E-state index is 12.1. The Labute approximate surface area is 54.0 Å². The molecule has 1 aliphatic carbocycles. The third-order valence-electron chi connectivity index (χ3n) is 1.30. The lowest BCUT2D eigenvalue weighted by atomic mass is 10.2. The second-order valence-electron chi connectivity index (χ2n) is 2.05. The van der Waals surface area contributed by atoms with E-state index in [-0.39, 0.29) is 6.08 Å². The normalized spacial score (nSPS) is 34.7. The van der Waals surface area contributed by atoms with E-state index in [1.807, 2.05) is 0 Å². The van der Waals surface area contributed by atoms with Crippen molar-refractivity contribution in [1.82, 2.24) is 0 Å². The molecule has 1 unspecified atom stereocenters. The van der Waals surface area contributed by atoms with Gasteiger partial charge in [-0.15, -0.1) is 0 Å². The molecule has 0 aromatic carbocycles. The van der Waals surface area contributed by atoms with Gasteiger partial charge in [-0.3, -0.25) is 0 Å². The van der Waals surface area contributed by atoms with Crippen LogP contribution in [0.2, 0.25) is 0 Å². The fourth-order valence-corrected chi connectivity index (χ4v) is 0.641. The monoisotopic (exact) mass is 156 g/mol. The average molecular weight is 156 g/mol. The van der Waals surface area contributed by atoms with E-state index < -0.39 is 17.9 Å². The van der Waals surface area contributed by atoms with Crippen molar-refractivity contribution in [2.24, 2.45) is 0 Å². The second-order valence-corrected chi connectivity index (χ2v) is 2.05. The maximum Gasteiger partial charge on any atom is 0.342 e. The van der Waals surface area contributed by atoms with Crippen LogP contribution in [0.1, 0.15) is 0 Å². The fraction of sp³-hybridized carbons (Fsp3) is 0.600. The smallest absolute Gasteiger partial charge is 0.342 e. The molecular weight excluding hydrogens is 152 g/mol. The number of alkyl halides is 4.